The fraction of sp³-hybridized carbons (Fsp3) is 0.207. The van der Waals surface area contributed by atoms with Crippen LogP contribution in [0.4, 0.5) is 11.5 Å². The van der Waals surface area contributed by atoms with Crippen LogP contribution in [0.1, 0.15) is 40.9 Å². The van der Waals surface area contributed by atoms with E-state index in [0.717, 1.165) is 22.6 Å². The zero-order valence-electron chi connectivity index (χ0n) is 21.0. The first-order valence-electron chi connectivity index (χ1n) is 12.1. The number of benzene rings is 3. The number of ether oxygens (including phenoxy) is 3. The summed E-state index contributed by atoms with van der Waals surface area (Å²) in [5, 5.41) is 7.56. The third kappa shape index (κ3) is 4.78. The molecule has 1 aromatic heterocycles. The van der Waals surface area contributed by atoms with E-state index in [0.29, 0.717) is 41.6 Å². The molecule has 188 valence electrons. The molecule has 0 aliphatic carbocycles. The van der Waals surface area contributed by atoms with Crippen LogP contribution in [0.3, 0.4) is 0 Å². The van der Waals surface area contributed by atoms with E-state index in [-0.39, 0.29) is 11.9 Å². The number of anilines is 1. The van der Waals surface area contributed by atoms with Crippen LogP contribution in [-0.4, -0.2) is 42.2 Å². The molecule has 0 saturated carbocycles. The van der Waals surface area contributed by atoms with Gasteiger partial charge in [-0.05, 0) is 42.8 Å². The summed E-state index contributed by atoms with van der Waals surface area (Å²) >= 11 is 0. The van der Waals surface area contributed by atoms with E-state index in [2.05, 4.69) is 10.4 Å². The van der Waals surface area contributed by atoms with Crippen molar-refractivity contribution in [3.63, 3.8) is 0 Å². The summed E-state index contributed by atoms with van der Waals surface area (Å²) in [5.41, 5.74) is 3.78. The number of amides is 1. The molecular formula is C29H28N4O4. The van der Waals surface area contributed by atoms with Crippen LogP contribution in [0.2, 0.25) is 0 Å². The van der Waals surface area contributed by atoms with Gasteiger partial charge in [-0.25, -0.2) is 9.67 Å². The number of hydrogen-bond donors (Lipinski definition) is 1. The van der Waals surface area contributed by atoms with Gasteiger partial charge in [0.2, 0.25) is 0 Å². The average Bonchev–Trinajstić information content (AvgIpc) is 3.38. The Morgan fingerprint density at radius 3 is 2.49 bits per heavy atom. The van der Waals surface area contributed by atoms with E-state index in [1.165, 1.54) is 0 Å². The molecular weight excluding hydrogens is 468 g/mol. The van der Waals surface area contributed by atoms with Gasteiger partial charge in [-0.1, -0.05) is 42.5 Å². The van der Waals surface area contributed by atoms with Crippen LogP contribution < -0.4 is 19.5 Å². The monoisotopic (exact) mass is 496 g/mol. The van der Waals surface area contributed by atoms with Crippen molar-refractivity contribution in [2.75, 3.05) is 26.1 Å². The third-order valence-electron chi connectivity index (χ3n) is 6.26. The van der Waals surface area contributed by atoms with Gasteiger partial charge in [-0.2, -0.15) is 5.10 Å². The lowest BCUT2D eigenvalue weighted by Gasteiger charge is -2.27. The fourth-order valence-corrected chi connectivity index (χ4v) is 4.53. The summed E-state index contributed by atoms with van der Waals surface area (Å²) in [4.78, 5) is 18.3. The van der Waals surface area contributed by atoms with Crippen molar-refractivity contribution in [1.29, 1.82) is 0 Å². The quantitative estimate of drug-likeness (QED) is 0.340. The van der Waals surface area contributed by atoms with E-state index < -0.39 is 0 Å². The topological polar surface area (TPSA) is 87.0 Å². The van der Waals surface area contributed by atoms with Gasteiger partial charge < -0.3 is 19.5 Å². The Morgan fingerprint density at radius 1 is 1.00 bits per heavy atom. The first-order valence-corrected chi connectivity index (χ1v) is 12.1. The zero-order valence-corrected chi connectivity index (χ0v) is 21.0. The second-order valence-electron chi connectivity index (χ2n) is 8.47. The summed E-state index contributed by atoms with van der Waals surface area (Å²) < 4.78 is 18.6. The molecule has 3 aromatic carbocycles. The van der Waals surface area contributed by atoms with Crippen molar-refractivity contribution in [3.05, 3.63) is 95.7 Å². The molecule has 8 nitrogen and oxygen atoms in total. The van der Waals surface area contributed by atoms with E-state index in [1.54, 1.807) is 37.2 Å². The smallest absolute Gasteiger partial charge is 0.261 e. The van der Waals surface area contributed by atoms with Crippen LogP contribution in [0.15, 0.2) is 84.0 Å². The van der Waals surface area contributed by atoms with Crippen molar-refractivity contribution >= 4 is 23.1 Å². The largest absolute Gasteiger partial charge is 0.494 e. The standard InChI is InChI=1S/C29H28N4O4/c1-4-37-21-15-13-20(14-16-21)31-29(34)23-18-30-33-25(22-11-8-12-26(35-2)27(22)36-3)17-24(32-28(23)33)19-9-6-5-7-10-19/h5-16,18,25H,4,17H2,1-3H3,(H,31,34). The van der Waals surface area contributed by atoms with E-state index in [4.69, 9.17) is 19.2 Å². The summed E-state index contributed by atoms with van der Waals surface area (Å²) in [6, 6.07) is 22.7. The minimum Gasteiger partial charge on any atom is -0.494 e. The van der Waals surface area contributed by atoms with Gasteiger partial charge in [0.05, 0.1) is 38.8 Å². The van der Waals surface area contributed by atoms with Crippen LogP contribution in [0, 0.1) is 0 Å². The number of carbonyl (C=O) groups is 1. The Labute approximate surface area is 215 Å². The summed E-state index contributed by atoms with van der Waals surface area (Å²) in [5.74, 6) is 2.20. The highest BCUT2D eigenvalue weighted by atomic mass is 16.5. The van der Waals surface area contributed by atoms with Crippen LogP contribution in [0.5, 0.6) is 17.2 Å². The predicted molar refractivity (Wildman–Crippen MR) is 143 cm³/mol. The molecule has 0 fully saturated rings. The van der Waals surface area contributed by atoms with Crippen molar-refractivity contribution in [2.24, 2.45) is 4.99 Å². The van der Waals surface area contributed by atoms with Crippen LogP contribution in [0.25, 0.3) is 0 Å². The fourth-order valence-electron chi connectivity index (χ4n) is 4.53. The molecule has 0 radical (unpaired) electrons. The summed E-state index contributed by atoms with van der Waals surface area (Å²) in [6.07, 6.45) is 2.14. The van der Waals surface area contributed by atoms with Crippen molar-refractivity contribution < 1.29 is 19.0 Å². The molecule has 37 heavy (non-hydrogen) atoms. The molecule has 4 aromatic rings. The molecule has 1 aliphatic rings. The Hall–Kier alpha value is -4.59. The predicted octanol–water partition coefficient (Wildman–Crippen LogP) is 5.67. The molecule has 8 heteroatoms. The molecule has 2 heterocycles. The molecule has 0 spiro atoms. The van der Waals surface area contributed by atoms with E-state index >= 15 is 0 Å². The Bertz CT molecular complexity index is 1430. The molecule has 1 unspecified atom stereocenters. The molecule has 5 rings (SSSR count). The molecule has 1 amide bonds. The molecule has 1 aliphatic heterocycles. The minimum absolute atomic E-state index is 0.250. The number of nitrogens with one attached hydrogen (secondary N) is 1. The maximum atomic E-state index is 13.4. The van der Waals surface area contributed by atoms with Gasteiger partial charge in [0.15, 0.2) is 17.3 Å². The third-order valence-corrected chi connectivity index (χ3v) is 6.26. The maximum Gasteiger partial charge on any atom is 0.261 e. The number of fused-ring (bicyclic) bond motifs is 1. The van der Waals surface area contributed by atoms with Gasteiger partial charge in [0.1, 0.15) is 11.3 Å². The number of hydrogen-bond acceptors (Lipinski definition) is 6. The van der Waals surface area contributed by atoms with Crippen molar-refractivity contribution in [1.82, 2.24) is 9.78 Å². The lowest BCUT2D eigenvalue weighted by molar-refractivity contribution is 0.102. The van der Waals surface area contributed by atoms with Crippen molar-refractivity contribution in [2.45, 2.75) is 19.4 Å². The Balaban J connectivity index is 1.56. The minimum atomic E-state index is -0.292. The van der Waals surface area contributed by atoms with Gasteiger partial charge in [0, 0.05) is 17.7 Å². The van der Waals surface area contributed by atoms with Gasteiger partial charge in [0.25, 0.3) is 5.91 Å². The number of nitrogens with zero attached hydrogens (tertiary/aromatic N) is 3. The molecule has 0 saturated heterocycles. The average molecular weight is 497 g/mol. The van der Waals surface area contributed by atoms with Gasteiger partial charge in [-0.15, -0.1) is 0 Å². The highest BCUT2D eigenvalue weighted by Gasteiger charge is 2.32. The number of carbonyl (C=O) groups excluding carboxylic acids is 1. The summed E-state index contributed by atoms with van der Waals surface area (Å²) in [6.45, 7) is 2.51. The first kappa shape index (κ1) is 24.1. The van der Waals surface area contributed by atoms with E-state index in [9.17, 15) is 4.79 Å². The Morgan fingerprint density at radius 2 is 1.78 bits per heavy atom. The highest BCUT2D eigenvalue weighted by Crippen LogP contribution is 2.42. The SMILES string of the molecule is CCOc1ccc(NC(=O)c2cnn3c2N=C(c2ccccc2)CC3c2cccc(OC)c2OC)cc1. The molecule has 1 N–H and O–H groups in total. The number of aromatic nitrogens is 2. The number of methoxy groups -OCH3 is 2. The number of aliphatic imine (C=N–C) groups is 1. The zero-order chi connectivity index (χ0) is 25.8. The van der Waals surface area contributed by atoms with E-state index in [1.807, 2.05) is 67.6 Å². The van der Waals surface area contributed by atoms with Gasteiger partial charge in [-0.3, -0.25) is 4.79 Å². The molecule has 0 bridgehead atoms. The lowest BCUT2D eigenvalue weighted by Crippen LogP contribution is -2.22. The van der Waals surface area contributed by atoms with Crippen LogP contribution >= 0.6 is 0 Å². The lowest BCUT2D eigenvalue weighted by atomic mass is 9.94. The normalized spacial score (nSPS) is 14.4. The Kier molecular flexibility index (Phi) is 6.89. The van der Waals surface area contributed by atoms with Gasteiger partial charge >= 0.3 is 0 Å². The maximum absolute atomic E-state index is 13.4. The highest BCUT2D eigenvalue weighted by molar-refractivity contribution is 6.09. The van der Waals surface area contributed by atoms with Crippen LogP contribution in [-0.2, 0) is 0 Å². The molecule has 1 atom stereocenters. The second-order valence-corrected chi connectivity index (χ2v) is 8.47. The van der Waals surface area contributed by atoms with Crippen molar-refractivity contribution in [3.8, 4) is 17.2 Å². The second kappa shape index (κ2) is 10.6. The first-order chi connectivity index (χ1) is 18.1. The summed E-state index contributed by atoms with van der Waals surface area (Å²) in [7, 11) is 3.23. The number of para-hydroxylation sites is 1. The number of rotatable bonds is 8.